The van der Waals surface area contributed by atoms with Crippen molar-refractivity contribution < 1.29 is 27.9 Å². The minimum atomic E-state index is -4.04. The van der Waals surface area contributed by atoms with E-state index < -0.39 is 33.9 Å². The minimum absolute atomic E-state index is 0.00558. The Labute approximate surface area is 206 Å². The number of amides is 2. The number of carboxylic acid groups (broad SMARTS) is 1. The van der Waals surface area contributed by atoms with Gasteiger partial charge in [-0.15, -0.1) is 0 Å². The van der Waals surface area contributed by atoms with Crippen molar-refractivity contribution in [1.29, 1.82) is 0 Å². The molecule has 1 atom stereocenters. The molecule has 0 heterocycles. The van der Waals surface area contributed by atoms with E-state index >= 15 is 0 Å². The number of anilines is 1. The van der Waals surface area contributed by atoms with E-state index in [9.17, 15) is 27.9 Å². The highest BCUT2D eigenvalue weighted by Gasteiger charge is 2.29. The number of ketones is 1. The second kappa shape index (κ2) is 12.9. The first kappa shape index (κ1) is 27.8. The van der Waals surface area contributed by atoms with E-state index in [4.69, 9.17) is 0 Å². The zero-order chi connectivity index (χ0) is 26.0. The predicted molar refractivity (Wildman–Crippen MR) is 135 cm³/mol. The topological polar surface area (TPSA) is 133 Å². The molecule has 0 spiro atoms. The Hall–Kier alpha value is -3.40. The molecule has 2 aromatic carbocycles. The fourth-order valence-electron chi connectivity index (χ4n) is 3.64. The second-order valence-electron chi connectivity index (χ2n) is 8.81. The molecule has 0 aliphatic heterocycles. The van der Waals surface area contributed by atoms with Crippen molar-refractivity contribution in [3.8, 4) is 0 Å². The molecule has 0 aliphatic carbocycles. The first-order chi connectivity index (χ1) is 16.5. The van der Waals surface area contributed by atoms with E-state index in [1.54, 1.807) is 12.1 Å². The summed E-state index contributed by atoms with van der Waals surface area (Å²) < 4.78 is 28.4. The van der Waals surface area contributed by atoms with Gasteiger partial charge in [0, 0.05) is 17.8 Å². The third kappa shape index (κ3) is 9.78. The molecular weight excluding hydrogens is 470 g/mol. The van der Waals surface area contributed by atoms with Crippen molar-refractivity contribution in [3.63, 3.8) is 0 Å². The Kier molecular flexibility index (Phi) is 10.3. The summed E-state index contributed by atoms with van der Waals surface area (Å²) in [5.41, 5.74) is 1.60. The van der Waals surface area contributed by atoms with Crippen molar-refractivity contribution in [3.05, 3.63) is 65.7 Å². The van der Waals surface area contributed by atoms with Gasteiger partial charge in [-0.3, -0.25) is 14.3 Å². The lowest BCUT2D eigenvalue weighted by Gasteiger charge is -2.28. The summed E-state index contributed by atoms with van der Waals surface area (Å²) in [6.45, 7) is 5.21. The highest BCUT2D eigenvalue weighted by Crippen LogP contribution is 2.16. The van der Waals surface area contributed by atoms with Crippen LogP contribution in [0.4, 0.5) is 10.5 Å². The van der Waals surface area contributed by atoms with Gasteiger partial charge in [-0.2, -0.15) is 0 Å². The monoisotopic (exact) mass is 503 g/mol. The number of rotatable bonds is 13. The first-order valence-electron chi connectivity index (χ1n) is 11.4. The van der Waals surface area contributed by atoms with Crippen molar-refractivity contribution in [2.75, 3.05) is 17.1 Å². The van der Waals surface area contributed by atoms with E-state index in [0.29, 0.717) is 18.4 Å². The summed E-state index contributed by atoms with van der Waals surface area (Å²) in [4.78, 5) is 37.4. The van der Waals surface area contributed by atoms with Gasteiger partial charge in [0.25, 0.3) is 10.0 Å². The first-order valence-corrected chi connectivity index (χ1v) is 13.1. The molecule has 2 aromatic rings. The van der Waals surface area contributed by atoms with Crippen LogP contribution in [0.2, 0.25) is 0 Å². The molecule has 0 aliphatic rings. The predicted octanol–water partition coefficient (Wildman–Crippen LogP) is 3.73. The third-order valence-electron chi connectivity index (χ3n) is 5.22. The van der Waals surface area contributed by atoms with Gasteiger partial charge in [0.05, 0.1) is 0 Å². The van der Waals surface area contributed by atoms with Crippen LogP contribution < -0.4 is 10.0 Å². The van der Waals surface area contributed by atoms with Crippen LogP contribution in [0.3, 0.4) is 0 Å². The van der Waals surface area contributed by atoms with Crippen LogP contribution in [0.5, 0.6) is 0 Å². The van der Waals surface area contributed by atoms with Crippen molar-refractivity contribution in [2.24, 2.45) is 5.92 Å². The number of carbonyl (C=O) groups is 3. The molecule has 9 nitrogen and oxygen atoms in total. The zero-order valence-electron chi connectivity index (χ0n) is 20.2. The normalized spacial score (nSPS) is 12.1. The van der Waals surface area contributed by atoms with Crippen LogP contribution >= 0.6 is 0 Å². The standard InChI is InChI=1S/C25H33N3O6S/c1-18(2)15-23(26-25(31)32)24(30)28(14-8-11-20-9-5-4-6-10-20)17-35(33,34)27-22-13-7-12-21(16-22)19(3)29/h4-7,9-10,12-13,16,18,23,26-27H,8,11,14-15,17H2,1-3H3,(H,31,32)/t23-/m0/s1. The molecule has 3 N–H and O–H groups in total. The molecular formula is C25H33N3O6S. The summed E-state index contributed by atoms with van der Waals surface area (Å²) in [7, 11) is -4.04. The fraction of sp³-hybridized carbons (Fsp3) is 0.400. The molecule has 10 heteroatoms. The summed E-state index contributed by atoms with van der Waals surface area (Å²) in [6, 6.07) is 14.6. The van der Waals surface area contributed by atoms with E-state index in [-0.39, 0.29) is 30.4 Å². The number of nitrogens with zero attached hydrogens (tertiary/aromatic N) is 1. The maximum atomic E-state index is 13.3. The summed E-state index contributed by atoms with van der Waals surface area (Å²) in [5.74, 6) is -1.45. The van der Waals surface area contributed by atoms with Crippen LogP contribution in [0, 0.1) is 5.92 Å². The Morgan fingerprint density at radius 1 is 1.03 bits per heavy atom. The van der Waals surface area contributed by atoms with Gasteiger partial charge >= 0.3 is 6.09 Å². The maximum absolute atomic E-state index is 13.3. The Bertz CT molecular complexity index is 1120. The van der Waals surface area contributed by atoms with Crippen molar-refractivity contribution in [1.82, 2.24) is 10.2 Å². The van der Waals surface area contributed by atoms with Gasteiger partial charge in [0.15, 0.2) is 5.78 Å². The highest BCUT2D eigenvalue weighted by atomic mass is 32.2. The number of Topliss-reactive ketones (excluding diaryl/α,β-unsaturated/α-hetero) is 1. The third-order valence-corrected chi connectivity index (χ3v) is 6.42. The lowest BCUT2D eigenvalue weighted by atomic mass is 10.0. The molecule has 0 fully saturated rings. The summed E-state index contributed by atoms with van der Waals surface area (Å²) in [5, 5.41) is 11.4. The molecule has 2 rings (SSSR count). The van der Waals surface area contributed by atoms with E-state index in [0.717, 1.165) is 5.56 Å². The van der Waals surface area contributed by atoms with Gasteiger partial charge in [-0.1, -0.05) is 56.3 Å². The average molecular weight is 504 g/mol. The Balaban J connectivity index is 2.23. The summed E-state index contributed by atoms with van der Waals surface area (Å²) >= 11 is 0. The Morgan fingerprint density at radius 3 is 2.31 bits per heavy atom. The molecule has 0 saturated heterocycles. The molecule has 2 amide bonds. The van der Waals surface area contributed by atoms with E-state index in [1.807, 2.05) is 44.2 Å². The number of hydrogen-bond acceptors (Lipinski definition) is 5. The number of benzene rings is 2. The molecule has 0 saturated carbocycles. The van der Waals surface area contributed by atoms with Crippen LogP contribution in [-0.2, 0) is 21.2 Å². The summed E-state index contributed by atoms with van der Waals surface area (Å²) in [6.07, 6.45) is -0.00342. The largest absolute Gasteiger partial charge is 0.465 e. The number of nitrogens with one attached hydrogen (secondary N) is 2. The SMILES string of the molecule is CC(=O)c1cccc(NS(=O)(=O)CN(CCCc2ccccc2)C(=O)[C@H](CC(C)C)NC(=O)O)c1. The maximum Gasteiger partial charge on any atom is 0.405 e. The molecule has 0 radical (unpaired) electrons. The average Bonchev–Trinajstić information content (AvgIpc) is 2.77. The lowest BCUT2D eigenvalue weighted by molar-refractivity contribution is -0.133. The van der Waals surface area contributed by atoms with E-state index in [2.05, 4.69) is 10.0 Å². The number of aryl methyl sites for hydroxylation is 1. The quantitative estimate of drug-likeness (QED) is 0.357. The van der Waals surface area contributed by atoms with Gasteiger partial charge in [0.1, 0.15) is 11.9 Å². The van der Waals surface area contributed by atoms with Gasteiger partial charge < -0.3 is 15.3 Å². The number of hydrogen-bond donors (Lipinski definition) is 3. The van der Waals surface area contributed by atoms with Gasteiger partial charge in [-0.25, -0.2) is 13.2 Å². The second-order valence-corrected chi connectivity index (χ2v) is 10.5. The number of sulfonamides is 1. The lowest BCUT2D eigenvalue weighted by Crippen LogP contribution is -2.51. The van der Waals surface area contributed by atoms with Crippen molar-refractivity contribution >= 4 is 33.5 Å². The van der Waals surface area contributed by atoms with E-state index in [1.165, 1.54) is 24.0 Å². The highest BCUT2D eigenvalue weighted by molar-refractivity contribution is 7.92. The molecule has 35 heavy (non-hydrogen) atoms. The molecule has 190 valence electrons. The smallest absolute Gasteiger partial charge is 0.405 e. The van der Waals surface area contributed by atoms with Crippen LogP contribution in [-0.4, -0.2) is 54.7 Å². The van der Waals surface area contributed by atoms with Gasteiger partial charge in [-0.05, 0) is 49.8 Å². The Morgan fingerprint density at radius 2 is 1.71 bits per heavy atom. The van der Waals surface area contributed by atoms with Crippen molar-refractivity contribution in [2.45, 2.75) is 46.1 Å². The minimum Gasteiger partial charge on any atom is -0.465 e. The zero-order valence-corrected chi connectivity index (χ0v) is 21.0. The number of carbonyl (C=O) groups excluding carboxylic acids is 2. The van der Waals surface area contributed by atoms with Gasteiger partial charge in [0.2, 0.25) is 5.91 Å². The molecule has 0 aromatic heterocycles. The van der Waals surface area contributed by atoms with Crippen LogP contribution in [0.15, 0.2) is 54.6 Å². The molecule has 0 unspecified atom stereocenters. The fourth-order valence-corrected chi connectivity index (χ4v) is 4.86. The van der Waals surface area contributed by atoms with Crippen LogP contribution in [0.1, 0.15) is 49.5 Å². The van der Waals surface area contributed by atoms with Crippen LogP contribution in [0.25, 0.3) is 0 Å². The molecule has 0 bridgehead atoms.